The van der Waals surface area contributed by atoms with Crippen LogP contribution in [-0.2, 0) is 72.0 Å². The first-order valence-corrected chi connectivity index (χ1v) is 32.4. The Hall–Kier alpha value is -9.00. The van der Waals surface area contributed by atoms with Crippen LogP contribution >= 0.6 is 0 Å². The number of aromatic nitrogens is 3. The summed E-state index contributed by atoms with van der Waals surface area (Å²) >= 11 is 0. The number of aromatic amines is 2. The van der Waals surface area contributed by atoms with Crippen LogP contribution < -0.4 is 70.4 Å². The number of phenols is 1. The van der Waals surface area contributed by atoms with Crippen LogP contribution in [0.2, 0.25) is 0 Å². The number of rotatable bonds is 42. The number of para-hydroxylation sites is 1. The highest BCUT2D eigenvalue weighted by molar-refractivity contribution is 5.99. The van der Waals surface area contributed by atoms with Gasteiger partial charge in [-0.2, -0.15) is 0 Å². The van der Waals surface area contributed by atoms with Crippen molar-refractivity contribution in [3.05, 3.63) is 84.1 Å². The molecule has 12 atom stereocenters. The minimum absolute atomic E-state index is 0.0287. The summed E-state index contributed by atoms with van der Waals surface area (Å²) in [5.74, 6) is -10.3. The number of carboxylic acid groups (broad SMARTS) is 1. The molecule has 4 aromatic rings. The van der Waals surface area contributed by atoms with Gasteiger partial charge in [-0.1, -0.05) is 78.3 Å². The quantitative estimate of drug-likeness (QED) is 0.0244. The lowest BCUT2D eigenvalue weighted by molar-refractivity contribution is -0.142. The Morgan fingerprint density at radius 3 is 1.60 bits per heavy atom. The molecule has 0 saturated carbocycles. The standard InChI is InChI=1S/C65H100N16O14/c1-9-37(6)54(63(92)78-49(26-35(2)3)59(88)76-51(28-40-20-22-43(83)23-21-40)61(90)75-48(65(94)95)19-13-15-25-67)80-53(84)33-71-56(85)38(7)73-58(87)47(18-12-14-24-66)74-62(91)52(29-41-31-70-46-17-11-10-16-44(41)46)77-60(89)50(27-36(4)5)79-64(93)55(39(8)82)81-57(86)45(68)30-42-32-69-34-72-42/h10-11,16-17,20-23,31-32,34-39,45,47-52,54-55,70,82-83H,9,12-15,18-19,24-30,33,66-68H2,1-8H3,(H,69,72)(H,71,85)(H,73,87)(H,74,91)(H,75,90)(H,76,88)(H,77,89)(H,78,92)(H,79,93)(H,80,84)(H,81,86)(H,94,95)/t37-,38-,39+,45-,47-,48-,49-,50-,51-,52-,54-,55-/m0/s1. The van der Waals surface area contributed by atoms with Gasteiger partial charge in [0.15, 0.2) is 0 Å². The molecule has 0 aliphatic heterocycles. The first-order chi connectivity index (χ1) is 45.0. The van der Waals surface area contributed by atoms with E-state index in [4.69, 9.17) is 17.2 Å². The summed E-state index contributed by atoms with van der Waals surface area (Å²) in [5, 5.41) is 57.5. The minimum Gasteiger partial charge on any atom is -0.508 e. The molecule has 2 heterocycles. The maximum atomic E-state index is 14.7. The Labute approximate surface area is 553 Å². The number of nitrogens with one attached hydrogen (secondary N) is 12. The summed E-state index contributed by atoms with van der Waals surface area (Å²) in [6.07, 6.45) is 5.23. The molecule has 4 rings (SSSR count). The van der Waals surface area contributed by atoms with Gasteiger partial charge in [-0.3, -0.25) is 47.9 Å². The predicted octanol–water partition coefficient (Wildman–Crippen LogP) is -0.687. The number of carbonyl (C=O) groups is 11. The van der Waals surface area contributed by atoms with Gasteiger partial charge in [0.25, 0.3) is 0 Å². The highest BCUT2D eigenvalue weighted by Crippen LogP contribution is 2.21. The summed E-state index contributed by atoms with van der Waals surface area (Å²) in [5.41, 5.74) is 20.0. The molecule has 2 aromatic heterocycles. The van der Waals surface area contributed by atoms with Gasteiger partial charge in [0.2, 0.25) is 59.1 Å². The molecular formula is C65H100N16O14. The number of H-pyrrole nitrogens is 2. The smallest absolute Gasteiger partial charge is 0.326 e. The summed E-state index contributed by atoms with van der Waals surface area (Å²) in [7, 11) is 0. The third-order valence-electron chi connectivity index (χ3n) is 15.9. The van der Waals surface area contributed by atoms with E-state index in [1.807, 2.05) is 18.2 Å². The number of nitrogens with two attached hydrogens (primary N) is 3. The summed E-state index contributed by atoms with van der Waals surface area (Å²) in [6.45, 7) is 13.2. The average Bonchev–Trinajstić information content (AvgIpc) is 1.76. The lowest BCUT2D eigenvalue weighted by Crippen LogP contribution is -2.61. The lowest BCUT2D eigenvalue weighted by Gasteiger charge is -2.29. The van der Waals surface area contributed by atoms with Crippen molar-refractivity contribution in [1.29, 1.82) is 0 Å². The van der Waals surface area contributed by atoms with Crippen LogP contribution in [0.5, 0.6) is 5.75 Å². The van der Waals surface area contributed by atoms with Gasteiger partial charge in [0.05, 0.1) is 25.0 Å². The van der Waals surface area contributed by atoms with Crippen LogP contribution in [0.4, 0.5) is 0 Å². The van der Waals surface area contributed by atoms with Crippen LogP contribution in [-0.4, -0.2) is 181 Å². The molecular weight excluding hydrogens is 1230 g/mol. The second kappa shape index (κ2) is 39.6. The normalized spacial score (nSPS) is 15.2. The molecule has 524 valence electrons. The van der Waals surface area contributed by atoms with Crippen LogP contribution in [0.3, 0.4) is 0 Å². The number of imidazole rings is 1. The maximum absolute atomic E-state index is 14.7. The number of amides is 10. The molecule has 0 bridgehead atoms. The van der Waals surface area contributed by atoms with E-state index in [0.29, 0.717) is 55.5 Å². The van der Waals surface area contributed by atoms with Crippen molar-refractivity contribution in [2.24, 2.45) is 35.0 Å². The Morgan fingerprint density at radius 2 is 1.06 bits per heavy atom. The number of phenolic OH excluding ortho intramolecular Hbond substituents is 1. The first kappa shape index (κ1) is 78.4. The molecule has 0 saturated heterocycles. The highest BCUT2D eigenvalue weighted by atomic mass is 16.4. The topological polar surface area (TPSA) is 491 Å². The fraction of sp³-hybridized carbons (Fsp3) is 0.569. The van der Waals surface area contributed by atoms with E-state index in [2.05, 4.69) is 68.1 Å². The molecule has 21 N–H and O–H groups in total. The SMILES string of the molecule is CC[C@H](C)[C@H](NC(=O)CNC(=O)[C@H](C)NC(=O)[C@H](CCCCN)NC(=O)[C@H](Cc1c[nH]c2ccccc12)NC(=O)[C@H](CC(C)C)NC(=O)[C@@H](NC(=O)[C@@H](N)Cc1cnc[nH]1)[C@@H](C)O)C(=O)N[C@@H](CC(C)C)C(=O)N[C@@H](Cc1ccc(O)cc1)C(=O)N[C@@H](CCCCN)C(=O)O. The second-order valence-electron chi connectivity index (χ2n) is 25.0. The van der Waals surface area contributed by atoms with E-state index >= 15 is 0 Å². The third-order valence-corrected chi connectivity index (χ3v) is 15.9. The van der Waals surface area contributed by atoms with E-state index in [1.54, 1.807) is 53.8 Å². The van der Waals surface area contributed by atoms with Gasteiger partial charge in [-0.15, -0.1) is 0 Å². The van der Waals surface area contributed by atoms with Crippen molar-refractivity contribution >= 4 is 75.9 Å². The summed E-state index contributed by atoms with van der Waals surface area (Å²) < 4.78 is 0. The number of hydrogen-bond donors (Lipinski definition) is 18. The zero-order valence-electron chi connectivity index (χ0n) is 55.6. The van der Waals surface area contributed by atoms with Crippen molar-refractivity contribution in [3.8, 4) is 5.75 Å². The van der Waals surface area contributed by atoms with E-state index in [0.717, 1.165) is 10.9 Å². The number of aliphatic hydroxyl groups is 1. The average molecular weight is 1330 g/mol. The third kappa shape index (κ3) is 26.4. The number of carbonyl (C=O) groups excluding carboxylic acids is 10. The number of benzene rings is 2. The van der Waals surface area contributed by atoms with Gasteiger partial charge >= 0.3 is 5.97 Å². The monoisotopic (exact) mass is 1330 g/mol. The molecule has 0 spiro atoms. The Balaban J connectivity index is 1.49. The predicted molar refractivity (Wildman–Crippen MR) is 354 cm³/mol. The van der Waals surface area contributed by atoms with E-state index in [9.17, 15) is 68.1 Å². The number of aromatic hydroxyl groups is 1. The highest BCUT2D eigenvalue weighted by Gasteiger charge is 2.37. The molecule has 0 fully saturated rings. The van der Waals surface area contributed by atoms with Crippen LogP contribution in [0.25, 0.3) is 10.9 Å². The van der Waals surface area contributed by atoms with E-state index < -0.39 is 144 Å². The van der Waals surface area contributed by atoms with E-state index in [-0.39, 0.29) is 69.1 Å². The summed E-state index contributed by atoms with van der Waals surface area (Å²) in [4.78, 5) is 162. The minimum atomic E-state index is -1.55. The van der Waals surface area contributed by atoms with Crippen LogP contribution in [0.1, 0.15) is 130 Å². The number of hydrogen-bond acceptors (Lipinski definition) is 17. The van der Waals surface area contributed by atoms with Gasteiger partial charge in [0, 0.05) is 48.3 Å². The molecule has 10 amide bonds. The molecule has 95 heavy (non-hydrogen) atoms. The molecule has 0 aliphatic rings. The van der Waals surface area contributed by atoms with Crippen LogP contribution in [0.15, 0.2) is 67.3 Å². The Morgan fingerprint density at radius 1 is 0.547 bits per heavy atom. The van der Waals surface area contributed by atoms with Crippen molar-refractivity contribution in [2.45, 2.75) is 199 Å². The van der Waals surface area contributed by atoms with Crippen molar-refractivity contribution in [2.75, 3.05) is 19.6 Å². The number of aliphatic hydroxyl groups excluding tert-OH is 1. The van der Waals surface area contributed by atoms with Crippen LogP contribution in [0, 0.1) is 17.8 Å². The molecule has 0 radical (unpaired) electrons. The zero-order valence-corrected chi connectivity index (χ0v) is 55.6. The van der Waals surface area contributed by atoms with Crippen molar-refractivity contribution in [1.82, 2.24) is 68.1 Å². The molecule has 0 unspecified atom stereocenters. The number of carboxylic acids is 1. The van der Waals surface area contributed by atoms with Gasteiger partial charge < -0.3 is 95.7 Å². The first-order valence-electron chi connectivity index (χ1n) is 32.4. The molecule has 30 nitrogen and oxygen atoms in total. The number of fused-ring (bicyclic) bond motifs is 1. The summed E-state index contributed by atoms with van der Waals surface area (Å²) in [6, 6.07) is -0.0672. The number of aliphatic carboxylic acids is 1. The van der Waals surface area contributed by atoms with Gasteiger partial charge in [-0.05, 0) is 125 Å². The lowest BCUT2D eigenvalue weighted by atomic mass is 9.96. The van der Waals surface area contributed by atoms with Crippen molar-refractivity contribution in [3.63, 3.8) is 0 Å². The number of nitrogens with zero attached hydrogens (tertiary/aromatic N) is 1. The van der Waals surface area contributed by atoms with Gasteiger partial charge in [-0.25, -0.2) is 9.78 Å². The maximum Gasteiger partial charge on any atom is 0.326 e. The molecule has 30 heteroatoms. The zero-order chi connectivity index (χ0) is 70.5. The van der Waals surface area contributed by atoms with E-state index in [1.165, 1.54) is 50.6 Å². The number of unbranched alkanes of at least 4 members (excludes halogenated alkanes) is 2. The Bertz CT molecular complexity index is 3160. The second-order valence-corrected chi connectivity index (χ2v) is 25.0. The molecule has 2 aromatic carbocycles. The Kier molecular flexibility index (Phi) is 32.7. The van der Waals surface area contributed by atoms with Gasteiger partial charge in [0.1, 0.15) is 60.1 Å². The fourth-order valence-corrected chi connectivity index (χ4v) is 10.4. The largest absolute Gasteiger partial charge is 0.508 e. The van der Waals surface area contributed by atoms with Crippen molar-refractivity contribution < 1.29 is 68.1 Å². The fourth-order valence-electron chi connectivity index (χ4n) is 10.4. The molecule has 0 aliphatic carbocycles.